The molecule has 4 N–H and O–H groups in total. The summed E-state index contributed by atoms with van der Waals surface area (Å²) in [6.07, 6.45) is 11.0. The Labute approximate surface area is 284 Å². The van der Waals surface area contributed by atoms with Gasteiger partial charge in [0.2, 0.25) is 11.8 Å². The Morgan fingerprint density at radius 2 is 1.58 bits per heavy atom. The van der Waals surface area contributed by atoms with Gasteiger partial charge < -0.3 is 50.7 Å². The quantitative estimate of drug-likeness (QED) is 0.196. The number of aliphatic hydroxyl groups excluding tert-OH is 2. The van der Waals surface area contributed by atoms with Crippen molar-refractivity contribution in [3.8, 4) is 11.5 Å². The van der Waals surface area contributed by atoms with Gasteiger partial charge in [-0.3, -0.25) is 4.99 Å². The van der Waals surface area contributed by atoms with E-state index in [1.165, 1.54) is 13.8 Å². The fourth-order valence-corrected chi connectivity index (χ4v) is 4.78. The van der Waals surface area contributed by atoms with E-state index >= 15 is 0 Å². The van der Waals surface area contributed by atoms with Crippen LogP contribution in [0.4, 0.5) is 5.69 Å². The number of aliphatic imine (C=N–C) groups is 2. The molecule has 2 aliphatic heterocycles. The molecule has 4 unspecified atom stereocenters. The maximum absolute atomic E-state index is 12.8. The topological polar surface area (TPSA) is 219 Å². The molecule has 3 heterocycles. The molecule has 5 rings (SSSR count). The number of aliphatic hydroxyl groups is 4. The minimum absolute atomic E-state index is 0. The molecule has 13 nitrogen and oxygen atoms in total. The minimum Gasteiger partial charge on any atom is -0.863 e. The molecule has 2 fully saturated rings. The number of allylic oxidation sites excluding steroid dienone is 2. The molecule has 2 radical (unpaired) electrons. The molecule has 3 aliphatic rings. The number of aromatic nitrogens is 2. The number of rotatable bonds is 6. The van der Waals surface area contributed by atoms with Gasteiger partial charge in [-0.15, -0.1) is 22.8 Å². The van der Waals surface area contributed by atoms with Gasteiger partial charge in [0.25, 0.3) is 0 Å². The zero-order chi connectivity index (χ0) is 31.2. The summed E-state index contributed by atoms with van der Waals surface area (Å²) < 4.78 is 6.10. The maximum Gasteiger partial charge on any atom is 2.00 e. The summed E-state index contributed by atoms with van der Waals surface area (Å²) >= 11 is 0. The van der Waals surface area contributed by atoms with Crippen molar-refractivity contribution in [2.75, 3.05) is 6.54 Å². The molecule has 1 saturated carbocycles. The van der Waals surface area contributed by atoms with Gasteiger partial charge in [0, 0.05) is 0 Å². The third-order valence-corrected chi connectivity index (χ3v) is 6.66. The van der Waals surface area contributed by atoms with Gasteiger partial charge in [0.05, 0.1) is 23.2 Å². The molecule has 1 aromatic carbocycles. The summed E-state index contributed by atoms with van der Waals surface area (Å²) in [6.45, 7) is 3.29. The van der Waals surface area contributed by atoms with Gasteiger partial charge in [-0.1, -0.05) is 74.4 Å². The smallest absolute Gasteiger partial charge is 0.863 e. The van der Waals surface area contributed by atoms with Crippen LogP contribution in [0.3, 0.4) is 0 Å². The number of nitrogens with zero attached hydrogens (tertiary/aromatic N) is 6. The van der Waals surface area contributed by atoms with Gasteiger partial charge in [-0.25, -0.2) is 0 Å². The molecule has 15 heteroatoms. The Morgan fingerprint density at radius 1 is 0.911 bits per heavy atom. The van der Waals surface area contributed by atoms with Gasteiger partial charge in [0.1, 0.15) is 12.6 Å². The molecular weight excluding hydrogens is 674 g/mol. The first-order valence-electron chi connectivity index (χ1n) is 14.5. The molecule has 45 heavy (non-hydrogen) atoms. The van der Waals surface area contributed by atoms with E-state index in [1.54, 1.807) is 42.6 Å². The van der Waals surface area contributed by atoms with Gasteiger partial charge in [0.15, 0.2) is 0 Å². The molecule has 0 spiro atoms. The monoisotopic (exact) mass is 714 g/mol. The molecule has 2 aromatic rings. The molecule has 1 aliphatic carbocycles. The largest absolute Gasteiger partial charge is 2.00 e. The Bertz CT molecular complexity index is 1240. The van der Waals surface area contributed by atoms with Crippen molar-refractivity contribution >= 4 is 17.5 Å². The predicted molar refractivity (Wildman–Crippen MR) is 158 cm³/mol. The number of piperidine rings is 1. The van der Waals surface area contributed by atoms with Crippen LogP contribution in [0.5, 0.6) is 0 Å². The number of hydrogen-bond acceptors (Lipinski definition) is 11. The second-order valence-corrected chi connectivity index (χ2v) is 10.3. The van der Waals surface area contributed by atoms with Crippen LogP contribution in [-0.2, 0) is 33.6 Å². The zero-order valence-electron chi connectivity index (χ0n) is 25.1. The Morgan fingerprint density at radius 3 is 2.22 bits per heavy atom. The van der Waals surface area contributed by atoms with Crippen LogP contribution in [0, 0.1) is 0 Å². The summed E-state index contributed by atoms with van der Waals surface area (Å²) in [7, 11) is 0. The van der Waals surface area contributed by atoms with Crippen LogP contribution in [-0.4, -0.2) is 79.7 Å². The minimum atomic E-state index is -1.17. The van der Waals surface area contributed by atoms with Crippen molar-refractivity contribution < 1.29 is 68.6 Å². The number of benzene rings is 1. The summed E-state index contributed by atoms with van der Waals surface area (Å²) in [5.74, 6) is 0.164. The molecule has 1 saturated heterocycles. The number of para-hydroxylation sites is 1. The first-order valence-corrected chi connectivity index (χ1v) is 14.5. The van der Waals surface area contributed by atoms with Crippen LogP contribution in [0.2, 0.25) is 0 Å². The van der Waals surface area contributed by atoms with Gasteiger partial charge in [-0.05, 0) is 44.7 Å². The fourth-order valence-electron chi connectivity index (χ4n) is 4.78. The standard InChI is InChI=1S/C26H30N6O3.2C2H6O2.2Co/c33-23(21-13-5-7-15-27-21)29-19-11-3-1-9-17(19)25-31-32-26(35-25)18-10-2-4-12-20(18)30-24(34)22-14-6-8-16-28-22;2*1-2(3)4;;/h1,3,5,7,9,11,13,15,18,20-22H,2,4,6,8,10,12,14,16H2,(H,30,34)(H,29,31,33);2*2-4H,1H3;;/q-2;;;2*+2/p-2. The Balaban J connectivity index is 0.000000910. The summed E-state index contributed by atoms with van der Waals surface area (Å²) in [5.41, 5.74) is 1.03. The maximum atomic E-state index is 12.8. The molecule has 0 amide bonds. The summed E-state index contributed by atoms with van der Waals surface area (Å²) in [6, 6.07) is 6.05. The van der Waals surface area contributed by atoms with Gasteiger partial charge >= 0.3 is 33.6 Å². The predicted octanol–water partition coefficient (Wildman–Crippen LogP) is 2.29. The van der Waals surface area contributed by atoms with E-state index < -0.39 is 18.6 Å². The molecular formula is C30H40Co2N6O7. The summed E-state index contributed by atoms with van der Waals surface area (Å²) in [5, 5.41) is 73.0. The first-order chi connectivity index (χ1) is 20.7. The van der Waals surface area contributed by atoms with Crippen molar-refractivity contribution in [1.82, 2.24) is 10.2 Å². The average Bonchev–Trinajstić information content (AvgIpc) is 3.48. The second kappa shape index (κ2) is 21.2. The van der Waals surface area contributed by atoms with E-state index in [1.807, 2.05) is 6.07 Å². The van der Waals surface area contributed by atoms with Crippen LogP contribution >= 0.6 is 0 Å². The normalized spacial score (nSPS) is 23.0. The van der Waals surface area contributed by atoms with Gasteiger partial charge in [-0.2, -0.15) is 6.20 Å². The van der Waals surface area contributed by atoms with E-state index in [9.17, 15) is 10.2 Å². The Hall–Kier alpha value is -2.61. The molecule has 4 atom stereocenters. The number of hydrogen-bond donors (Lipinski definition) is 4. The summed E-state index contributed by atoms with van der Waals surface area (Å²) in [4.78, 5) is 8.83. The van der Waals surface area contributed by atoms with E-state index in [4.69, 9.17) is 24.8 Å². The second-order valence-electron chi connectivity index (χ2n) is 10.3. The van der Waals surface area contributed by atoms with Crippen LogP contribution in [0.25, 0.3) is 22.1 Å². The third-order valence-electron chi connectivity index (χ3n) is 6.66. The fraction of sp³-hybridized carbons (Fsp3) is 0.533. The third kappa shape index (κ3) is 13.7. The van der Waals surface area contributed by atoms with E-state index in [0.29, 0.717) is 23.0 Å². The van der Waals surface area contributed by atoms with Crippen LogP contribution in [0.15, 0.2) is 63.1 Å². The molecule has 1 aromatic heterocycles. The molecule has 0 bridgehead atoms. The Kier molecular flexibility index (Phi) is 19.1. The van der Waals surface area contributed by atoms with Crippen molar-refractivity contribution in [3.63, 3.8) is 0 Å². The van der Waals surface area contributed by atoms with Crippen molar-refractivity contribution in [3.05, 3.63) is 65.2 Å². The van der Waals surface area contributed by atoms with Crippen molar-refractivity contribution in [2.45, 2.75) is 95.4 Å². The van der Waals surface area contributed by atoms with Crippen LogP contribution in [0.1, 0.15) is 70.6 Å². The van der Waals surface area contributed by atoms with Crippen LogP contribution < -0.4 is 10.2 Å². The van der Waals surface area contributed by atoms with E-state index in [2.05, 4.69) is 30.8 Å². The van der Waals surface area contributed by atoms with E-state index in [-0.39, 0.29) is 63.4 Å². The zero-order valence-corrected chi connectivity index (χ0v) is 27.2. The average molecular weight is 715 g/mol. The molecule has 250 valence electrons. The van der Waals surface area contributed by atoms with Crippen molar-refractivity contribution in [2.24, 2.45) is 9.98 Å². The van der Waals surface area contributed by atoms with E-state index in [0.717, 1.165) is 51.5 Å². The SMILES string of the molecule is CC(O)O.CC(O)O.[Co+2].[Co+2].[O-]C(=Nc1ccccc1-c1nnc(C2CCCCC2N=C([O-])C2CCCC[N-]2)o1)C1C=CC=C[N-]1. The first kappa shape index (κ1) is 40.4. The van der Waals surface area contributed by atoms with Crippen molar-refractivity contribution in [1.29, 1.82) is 0 Å².